The van der Waals surface area contributed by atoms with Crippen LogP contribution in [0.15, 0.2) is 48.5 Å². The monoisotopic (exact) mass is 446 g/mol. The van der Waals surface area contributed by atoms with E-state index in [0.717, 1.165) is 0 Å². The van der Waals surface area contributed by atoms with E-state index >= 15 is 0 Å². The quantitative estimate of drug-likeness (QED) is 0.387. The van der Waals surface area contributed by atoms with Crippen LogP contribution in [-0.2, 0) is 19.1 Å². The Hall–Kier alpha value is -3.62. The molecular formula is C23H24F2N2O5. The molecule has 2 atom stereocenters. The molecule has 9 heteroatoms. The summed E-state index contributed by atoms with van der Waals surface area (Å²) in [5, 5.41) is 4.66. The third kappa shape index (κ3) is 6.97. The van der Waals surface area contributed by atoms with Crippen molar-refractivity contribution in [3.63, 3.8) is 0 Å². The van der Waals surface area contributed by atoms with Gasteiger partial charge in [-0.05, 0) is 45.4 Å². The van der Waals surface area contributed by atoms with E-state index < -0.39 is 58.4 Å². The second-order valence-electron chi connectivity index (χ2n) is 8.07. The Labute approximate surface area is 184 Å². The molecule has 0 aliphatic carbocycles. The molecule has 170 valence electrons. The molecular weight excluding hydrogens is 422 g/mol. The highest BCUT2D eigenvalue weighted by molar-refractivity contribution is 6.43. The van der Waals surface area contributed by atoms with Gasteiger partial charge in [-0.25, -0.2) is 13.6 Å². The average molecular weight is 446 g/mol. The van der Waals surface area contributed by atoms with Crippen LogP contribution in [0.2, 0.25) is 0 Å². The Kier molecular flexibility index (Phi) is 7.80. The molecule has 1 unspecified atom stereocenters. The zero-order chi connectivity index (χ0) is 24.1. The van der Waals surface area contributed by atoms with Gasteiger partial charge in [0.2, 0.25) is 11.7 Å². The fraction of sp³-hybridized carbons (Fsp3) is 0.304. The van der Waals surface area contributed by atoms with Crippen molar-refractivity contribution in [1.29, 1.82) is 0 Å². The molecule has 0 aliphatic heterocycles. The smallest absolute Gasteiger partial charge is 0.333 e. The molecule has 0 spiro atoms. The van der Waals surface area contributed by atoms with E-state index in [-0.39, 0.29) is 0 Å². The maximum atomic E-state index is 13.3. The van der Waals surface area contributed by atoms with Crippen molar-refractivity contribution in [2.45, 2.75) is 45.4 Å². The number of esters is 1. The highest BCUT2D eigenvalue weighted by Gasteiger charge is 2.30. The molecule has 7 nitrogen and oxygen atoms in total. The van der Waals surface area contributed by atoms with E-state index in [1.807, 2.05) is 0 Å². The first-order chi connectivity index (χ1) is 14.9. The van der Waals surface area contributed by atoms with Crippen LogP contribution in [-0.4, -0.2) is 35.2 Å². The first-order valence-electron chi connectivity index (χ1n) is 9.77. The number of benzene rings is 2. The zero-order valence-electron chi connectivity index (χ0n) is 18.1. The zero-order valence-corrected chi connectivity index (χ0v) is 18.1. The topological polar surface area (TPSA) is 102 Å². The van der Waals surface area contributed by atoms with E-state index in [4.69, 9.17) is 4.74 Å². The second kappa shape index (κ2) is 10.1. The number of amides is 2. The summed E-state index contributed by atoms with van der Waals surface area (Å²) >= 11 is 0. The third-order valence-electron chi connectivity index (χ3n) is 4.13. The van der Waals surface area contributed by atoms with Gasteiger partial charge < -0.3 is 15.4 Å². The lowest BCUT2D eigenvalue weighted by Gasteiger charge is -2.25. The standard InChI is InChI=1S/C23H24F2N2O5/c1-13(26-21(30)19(28)15-10-16(24)12-17(25)11-15)20(29)27-18(14-8-6-5-7-9-14)22(31)32-23(2,3)4/h5-13,18H,1-4H3,(H,26,30)(H,27,29)/t13-,18?/m0/s1. The number of hydrogen-bond acceptors (Lipinski definition) is 5. The van der Waals surface area contributed by atoms with E-state index in [1.165, 1.54) is 6.92 Å². The predicted octanol–water partition coefficient (Wildman–Crippen LogP) is 2.85. The molecule has 0 saturated heterocycles. The summed E-state index contributed by atoms with van der Waals surface area (Å²) in [7, 11) is 0. The SMILES string of the molecule is C[C@H](NC(=O)C(=O)c1cc(F)cc(F)c1)C(=O)NC(C(=O)OC(C)(C)C)c1ccccc1. The number of nitrogens with one attached hydrogen (secondary N) is 2. The van der Waals surface area contributed by atoms with E-state index in [9.17, 15) is 28.0 Å². The average Bonchev–Trinajstić information content (AvgIpc) is 2.69. The van der Waals surface area contributed by atoms with Crippen molar-refractivity contribution < 1.29 is 32.7 Å². The number of ether oxygens (including phenoxy) is 1. The van der Waals surface area contributed by atoms with Crippen molar-refractivity contribution in [2.75, 3.05) is 0 Å². The minimum Gasteiger partial charge on any atom is -0.458 e. The van der Waals surface area contributed by atoms with Gasteiger partial charge >= 0.3 is 5.97 Å². The van der Waals surface area contributed by atoms with Crippen LogP contribution >= 0.6 is 0 Å². The molecule has 0 aromatic heterocycles. The molecule has 0 radical (unpaired) electrons. The molecule has 2 aromatic carbocycles. The van der Waals surface area contributed by atoms with Crippen LogP contribution in [0.1, 0.15) is 49.7 Å². The molecule has 0 aliphatic rings. The number of rotatable bonds is 7. The Morgan fingerprint density at radius 3 is 2.00 bits per heavy atom. The highest BCUT2D eigenvalue weighted by Crippen LogP contribution is 2.19. The Bertz CT molecular complexity index is 999. The van der Waals surface area contributed by atoms with Crippen molar-refractivity contribution >= 4 is 23.6 Å². The largest absolute Gasteiger partial charge is 0.458 e. The summed E-state index contributed by atoms with van der Waals surface area (Å²) in [4.78, 5) is 49.6. The number of hydrogen-bond donors (Lipinski definition) is 2. The molecule has 32 heavy (non-hydrogen) atoms. The molecule has 0 saturated carbocycles. The summed E-state index contributed by atoms with van der Waals surface area (Å²) in [5.41, 5.74) is -0.843. The Morgan fingerprint density at radius 1 is 0.906 bits per heavy atom. The van der Waals surface area contributed by atoms with E-state index in [2.05, 4.69) is 10.6 Å². The predicted molar refractivity (Wildman–Crippen MR) is 111 cm³/mol. The summed E-state index contributed by atoms with van der Waals surface area (Å²) in [6.45, 7) is 6.33. The maximum absolute atomic E-state index is 13.3. The van der Waals surface area contributed by atoms with Crippen molar-refractivity contribution in [1.82, 2.24) is 10.6 Å². The van der Waals surface area contributed by atoms with Crippen LogP contribution in [0.3, 0.4) is 0 Å². The molecule has 2 aromatic rings. The van der Waals surface area contributed by atoms with Crippen LogP contribution in [0, 0.1) is 11.6 Å². The third-order valence-corrected chi connectivity index (χ3v) is 4.13. The van der Waals surface area contributed by atoms with E-state index in [1.54, 1.807) is 51.1 Å². The molecule has 2 rings (SSSR count). The van der Waals surface area contributed by atoms with Crippen LogP contribution in [0.5, 0.6) is 0 Å². The lowest BCUT2D eigenvalue weighted by Crippen LogP contribution is -2.49. The van der Waals surface area contributed by atoms with Gasteiger partial charge in [0.15, 0.2) is 6.04 Å². The lowest BCUT2D eigenvalue weighted by molar-refractivity contribution is -0.159. The van der Waals surface area contributed by atoms with Gasteiger partial charge in [-0.15, -0.1) is 0 Å². The maximum Gasteiger partial charge on any atom is 0.333 e. The molecule has 2 amide bonds. The number of carbonyl (C=O) groups is 4. The van der Waals surface area contributed by atoms with Crippen LogP contribution < -0.4 is 10.6 Å². The Balaban J connectivity index is 2.12. The van der Waals surface area contributed by atoms with Gasteiger partial charge in [-0.1, -0.05) is 30.3 Å². The Morgan fingerprint density at radius 2 is 1.47 bits per heavy atom. The van der Waals surface area contributed by atoms with Gasteiger partial charge in [-0.2, -0.15) is 0 Å². The van der Waals surface area contributed by atoms with Crippen molar-refractivity contribution in [3.8, 4) is 0 Å². The normalized spacial score (nSPS) is 12.9. The summed E-state index contributed by atoms with van der Waals surface area (Å²) in [6, 6.07) is 7.94. The second-order valence-corrected chi connectivity index (χ2v) is 8.07. The van der Waals surface area contributed by atoms with Gasteiger partial charge in [0, 0.05) is 11.6 Å². The van der Waals surface area contributed by atoms with Crippen LogP contribution in [0.4, 0.5) is 8.78 Å². The fourth-order valence-corrected chi connectivity index (χ4v) is 2.70. The van der Waals surface area contributed by atoms with Crippen molar-refractivity contribution in [3.05, 3.63) is 71.3 Å². The van der Waals surface area contributed by atoms with Crippen LogP contribution in [0.25, 0.3) is 0 Å². The van der Waals surface area contributed by atoms with Gasteiger partial charge in [0.1, 0.15) is 23.3 Å². The van der Waals surface area contributed by atoms with Crippen molar-refractivity contribution in [2.24, 2.45) is 0 Å². The molecule has 0 fully saturated rings. The van der Waals surface area contributed by atoms with Gasteiger partial charge in [0.25, 0.3) is 5.91 Å². The van der Waals surface area contributed by atoms with Gasteiger partial charge in [0.05, 0.1) is 0 Å². The minimum atomic E-state index is -1.24. The number of Topliss-reactive ketones (excluding diaryl/α,β-unsaturated/α-hetero) is 1. The molecule has 0 bridgehead atoms. The van der Waals surface area contributed by atoms with E-state index in [0.29, 0.717) is 23.8 Å². The summed E-state index contributed by atoms with van der Waals surface area (Å²) < 4.78 is 32.0. The first-order valence-corrected chi connectivity index (χ1v) is 9.77. The number of carbonyl (C=O) groups excluding carboxylic acids is 4. The lowest BCUT2D eigenvalue weighted by atomic mass is 10.1. The molecule has 2 N–H and O–H groups in total. The number of halogens is 2. The minimum absolute atomic E-state index is 0.458. The fourth-order valence-electron chi connectivity index (χ4n) is 2.70. The molecule has 0 heterocycles. The van der Waals surface area contributed by atoms with Gasteiger partial charge in [-0.3, -0.25) is 14.4 Å². The first kappa shape index (κ1) is 24.6. The summed E-state index contributed by atoms with van der Waals surface area (Å²) in [6.07, 6.45) is 0. The number of ketones is 1. The summed E-state index contributed by atoms with van der Waals surface area (Å²) in [5.74, 6) is -5.95. The highest BCUT2D eigenvalue weighted by atomic mass is 19.1.